The lowest BCUT2D eigenvalue weighted by atomic mass is 10.2. The largest absolute Gasteiger partial charge is 0.507 e. The molecule has 4 aromatic carbocycles. The number of aromatic hydroxyl groups is 4. The van der Waals surface area contributed by atoms with Crippen LogP contribution in [0, 0.1) is 0 Å². The minimum Gasteiger partial charge on any atom is -0.507 e. The average Bonchev–Trinajstić information content (AvgIpc) is 3.92. The summed E-state index contributed by atoms with van der Waals surface area (Å²) in [5.74, 6) is -1.37. The van der Waals surface area contributed by atoms with Gasteiger partial charge in [-0.05, 0) is 95.6 Å². The van der Waals surface area contributed by atoms with Crippen LogP contribution in [0.15, 0.2) is 117 Å². The van der Waals surface area contributed by atoms with Crippen LogP contribution in [0.1, 0.15) is 22.3 Å². The van der Waals surface area contributed by atoms with E-state index in [9.17, 15) is 58.8 Å². The van der Waals surface area contributed by atoms with Gasteiger partial charge in [-0.2, -0.15) is 0 Å². The van der Waals surface area contributed by atoms with Gasteiger partial charge in [0.15, 0.2) is 0 Å². The molecule has 4 heterocycles. The summed E-state index contributed by atoms with van der Waals surface area (Å²) in [6.07, 6.45) is 5.95. The number of imide groups is 4. The second-order valence-corrected chi connectivity index (χ2v) is 15.7. The molecule has 0 bridgehead atoms. The third-order valence-electron chi connectivity index (χ3n) is 7.46. The summed E-state index contributed by atoms with van der Waals surface area (Å²) in [7, 11) is 0. The van der Waals surface area contributed by atoms with E-state index in [1.54, 1.807) is 72.8 Å². The molecule has 8 amide bonds. The molecule has 0 unspecified atom stereocenters. The van der Waals surface area contributed by atoms with Crippen LogP contribution in [-0.4, -0.2) is 65.0 Å². The van der Waals surface area contributed by atoms with Crippen molar-refractivity contribution in [3.8, 4) is 23.0 Å². The summed E-state index contributed by atoms with van der Waals surface area (Å²) in [4.78, 5) is 89.4. The maximum absolute atomic E-state index is 11.2. The van der Waals surface area contributed by atoms with Crippen LogP contribution in [-0.2, 0) is 19.2 Å². The summed E-state index contributed by atoms with van der Waals surface area (Å²) in [6, 6.07) is 26.4. The molecule has 0 aromatic heterocycles. The maximum atomic E-state index is 11.2. The fraction of sp³-hybridized carbons (Fsp3) is 0. The first kappa shape index (κ1) is 44.1. The fourth-order valence-corrected chi connectivity index (χ4v) is 7.38. The molecule has 0 spiro atoms. The van der Waals surface area contributed by atoms with Crippen molar-refractivity contribution in [3.63, 3.8) is 0 Å². The second kappa shape index (κ2) is 20.6. The van der Waals surface area contributed by atoms with Crippen molar-refractivity contribution in [2.45, 2.75) is 0 Å². The predicted octanol–water partition coefficient (Wildman–Crippen LogP) is 6.86. The Labute approximate surface area is 356 Å². The first-order valence-electron chi connectivity index (χ1n) is 16.8. The average molecular weight is 885 g/mol. The van der Waals surface area contributed by atoms with Gasteiger partial charge < -0.3 is 20.4 Å². The van der Waals surface area contributed by atoms with E-state index in [1.165, 1.54) is 48.6 Å². The number of nitrogens with one attached hydrogen (secondary N) is 4. The summed E-state index contributed by atoms with van der Waals surface area (Å²) in [5.41, 5.74) is 2.07. The van der Waals surface area contributed by atoms with Gasteiger partial charge in [-0.1, -0.05) is 72.8 Å². The zero-order valence-corrected chi connectivity index (χ0v) is 33.5. The Morgan fingerprint density at radius 2 is 0.500 bits per heavy atom. The van der Waals surface area contributed by atoms with Gasteiger partial charge in [0, 0.05) is 22.3 Å². The Morgan fingerprint density at radius 3 is 0.650 bits per heavy atom. The number of carbonyl (C=O) groups excluding carboxylic acids is 8. The van der Waals surface area contributed by atoms with Crippen molar-refractivity contribution in [2.24, 2.45) is 0 Å². The molecule has 0 atom stereocenters. The first-order chi connectivity index (χ1) is 28.7. The highest BCUT2D eigenvalue weighted by Crippen LogP contribution is 2.31. The zero-order valence-electron chi connectivity index (χ0n) is 30.2. The quantitative estimate of drug-likeness (QED) is 0.0973. The van der Waals surface area contributed by atoms with Crippen LogP contribution in [0.3, 0.4) is 0 Å². The number of thioether (sulfide) groups is 4. The van der Waals surface area contributed by atoms with Crippen LogP contribution in [0.2, 0.25) is 0 Å². The van der Waals surface area contributed by atoms with E-state index in [0.717, 1.165) is 47.0 Å². The molecule has 8 N–H and O–H groups in total. The first-order valence-corrected chi connectivity index (χ1v) is 20.0. The van der Waals surface area contributed by atoms with Gasteiger partial charge >= 0.3 is 0 Å². The number of hydrogen-bond acceptors (Lipinski definition) is 16. The van der Waals surface area contributed by atoms with E-state index in [4.69, 9.17) is 0 Å². The van der Waals surface area contributed by atoms with Crippen molar-refractivity contribution >= 4 is 116 Å². The lowest BCUT2D eigenvalue weighted by Gasteiger charge is -1.97. The number of amides is 8. The van der Waals surface area contributed by atoms with Crippen molar-refractivity contribution in [2.75, 3.05) is 0 Å². The molecule has 4 aliphatic rings. The van der Waals surface area contributed by atoms with Gasteiger partial charge in [0.05, 0.1) is 19.6 Å². The fourth-order valence-electron chi connectivity index (χ4n) is 4.69. The van der Waals surface area contributed by atoms with E-state index >= 15 is 0 Å². The molecule has 0 radical (unpaired) electrons. The third kappa shape index (κ3) is 12.5. The van der Waals surface area contributed by atoms with Crippen molar-refractivity contribution < 1.29 is 58.8 Å². The maximum Gasteiger partial charge on any atom is 0.290 e. The number of carbonyl (C=O) groups is 8. The monoisotopic (exact) mass is 884 g/mol. The number of phenolic OH excluding ortho intramolecular Hbond substituents is 4. The van der Waals surface area contributed by atoms with Crippen molar-refractivity contribution in [3.05, 3.63) is 139 Å². The van der Waals surface area contributed by atoms with Crippen LogP contribution in [0.25, 0.3) is 24.3 Å². The highest BCUT2D eigenvalue weighted by atomic mass is 32.2. The molecule has 0 aliphatic carbocycles. The molecule has 16 nitrogen and oxygen atoms in total. The Hall–Kier alpha value is -7.00. The number of rotatable bonds is 4. The number of para-hydroxylation sites is 4. The predicted molar refractivity (Wildman–Crippen MR) is 229 cm³/mol. The lowest BCUT2D eigenvalue weighted by Crippen LogP contribution is -2.17. The third-order valence-corrected chi connectivity index (χ3v) is 10.7. The summed E-state index contributed by atoms with van der Waals surface area (Å²) < 4.78 is 0. The minimum atomic E-state index is -0.423. The highest BCUT2D eigenvalue weighted by molar-refractivity contribution is 8.19. The van der Waals surface area contributed by atoms with Crippen LogP contribution in [0.4, 0.5) is 19.2 Å². The van der Waals surface area contributed by atoms with E-state index in [1.807, 2.05) is 0 Å². The van der Waals surface area contributed by atoms with Gasteiger partial charge in [-0.3, -0.25) is 59.6 Å². The zero-order chi connectivity index (χ0) is 43.3. The Bertz CT molecular complexity index is 2220. The molecule has 4 aromatic rings. The topological polar surface area (TPSA) is 266 Å². The molecular weight excluding hydrogens is 857 g/mol. The molecule has 4 saturated heterocycles. The molecule has 304 valence electrons. The SMILES string of the molecule is O=C1NC(=O)/C(=C/c2ccccc2O)S1.O=C1NC(=O)/C(=C/c2ccccc2O)S1.O=C1NC(=O)/C(=C/c2ccccc2O)S1.O=C1NC(=O)/C(=C/c2ccccc2O)S1. The Morgan fingerprint density at radius 1 is 0.317 bits per heavy atom. The van der Waals surface area contributed by atoms with Crippen molar-refractivity contribution in [1.82, 2.24) is 21.3 Å². The summed E-state index contributed by atoms with van der Waals surface area (Å²) in [5, 5.41) is 44.8. The van der Waals surface area contributed by atoms with E-state index in [-0.39, 0.29) is 44.0 Å². The molecule has 8 rings (SSSR count). The normalized spacial score (nSPS) is 18.3. The summed E-state index contributed by atoms with van der Waals surface area (Å²) >= 11 is 3.31. The Balaban J connectivity index is 0.000000152. The van der Waals surface area contributed by atoms with Crippen LogP contribution < -0.4 is 21.3 Å². The number of hydrogen-bond donors (Lipinski definition) is 8. The van der Waals surface area contributed by atoms with Gasteiger partial charge in [0.2, 0.25) is 0 Å². The molecule has 0 saturated carbocycles. The molecule has 4 aliphatic heterocycles. The van der Waals surface area contributed by atoms with E-state index < -0.39 is 23.6 Å². The standard InChI is InChI=1S/4C10H7NO3S/c4*12-7-4-2-1-3-6(7)5-8-9(13)11-10(14)15-8/h4*1-5,12H,(H,11,13,14)/b4*8-5-. The van der Waals surface area contributed by atoms with Crippen molar-refractivity contribution in [1.29, 1.82) is 0 Å². The van der Waals surface area contributed by atoms with Gasteiger partial charge in [0.25, 0.3) is 44.6 Å². The van der Waals surface area contributed by atoms with Gasteiger partial charge in [0.1, 0.15) is 23.0 Å². The van der Waals surface area contributed by atoms with E-state index in [0.29, 0.717) is 41.9 Å². The highest BCUT2D eigenvalue weighted by Gasteiger charge is 2.27. The molecule has 4 fully saturated rings. The minimum absolute atomic E-state index is 0.0812. The number of phenols is 4. The van der Waals surface area contributed by atoms with Gasteiger partial charge in [-0.25, -0.2) is 0 Å². The second-order valence-electron chi connectivity index (χ2n) is 11.6. The molecule has 20 heteroatoms. The smallest absolute Gasteiger partial charge is 0.290 e. The summed E-state index contributed by atoms with van der Waals surface area (Å²) in [6.45, 7) is 0. The van der Waals surface area contributed by atoms with Gasteiger partial charge in [-0.15, -0.1) is 0 Å². The molecule has 60 heavy (non-hydrogen) atoms. The van der Waals surface area contributed by atoms with Crippen LogP contribution >= 0.6 is 47.0 Å². The van der Waals surface area contributed by atoms with Crippen LogP contribution in [0.5, 0.6) is 23.0 Å². The lowest BCUT2D eigenvalue weighted by molar-refractivity contribution is -0.116. The van der Waals surface area contributed by atoms with E-state index in [2.05, 4.69) is 21.3 Å². The molecular formula is C40H28N4O12S4. The number of benzene rings is 4. The Kier molecular flexibility index (Phi) is 15.2.